The summed E-state index contributed by atoms with van der Waals surface area (Å²) >= 11 is 0. The van der Waals surface area contributed by atoms with Crippen LogP contribution >= 0.6 is 17.0 Å². The topological polar surface area (TPSA) is 23.5 Å². The van der Waals surface area contributed by atoms with Crippen LogP contribution in [-0.2, 0) is 19.5 Å². The maximum absolute atomic E-state index is 9.09. The zero-order chi connectivity index (χ0) is 13.8. The Morgan fingerprint density at radius 1 is 0.810 bits per heavy atom. The van der Waals surface area contributed by atoms with Crippen LogP contribution in [0.1, 0.15) is 28.7 Å². The second kappa shape index (κ2) is 7.74. The number of aliphatic hydroxyl groups excluding tert-OH is 1. The standard InChI is InChI=1S/C18H21NO.BrH/c20-11-5-10-19-13-17-8-3-1-6-15(17)12-16-7-2-4-9-18(16)14-19;/h1-4,6-9,20H,5,10-14H2;1H. The Labute approximate surface area is 137 Å². The Kier molecular flexibility index (Phi) is 5.97. The zero-order valence-corrected chi connectivity index (χ0v) is 13.9. The Morgan fingerprint density at radius 2 is 1.29 bits per heavy atom. The number of halogens is 1. The van der Waals surface area contributed by atoms with Gasteiger partial charge in [-0.05, 0) is 35.1 Å². The highest BCUT2D eigenvalue weighted by molar-refractivity contribution is 8.93. The van der Waals surface area contributed by atoms with E-state index in [1.165, 1.54) is 22.3 Å². The van der Waals surface area contributed by atoms with Gasteiger partial charge in [0, 0.05) is 26.2 Å². The van der Waals surface area contributed by atoms with Crippen LogP contribution in [0.2, 0.25) is 0 Å². The van der Waals surface area contributed by atoms with Crippen LogP contribution in [0, 0.1) is 0 Å². The maximum atomic E-state index is 9.09. The highest BCUT2D eigenvalue weighted by Crippen LogP contribution is 2.24. The van der Waals surface area contributed by atoms with Gasteiger partial charge in [0.25, 0.3) is 0 Å². The molecule has 0 aliphatic carbocycles. The van der Waals surface area contributed by atoms with Crippen molar-refractivity contribution in [1.82, 2.24) is 4.90 Å². The molecule has 1 N–H and O–H groups in total. The lowest BCUT2D eigenvalue weighted by Gasteiger charge is -2.27. The van der Waals surface area contributed by atoms with Gasteiger partial charge in [0.1, 0.15) is 0 Å². The Hall–Kier alpha value is -1.16. The molecule has 0 unspecified atom stereocenters. The monoisotopic (exact) mass is 347 g/mol. The van der Waals surface area contributed by atoms with Gasteiger partial charge in [0.15, 0.2) is 0 Å². The fraction of sp³-hybridized carbons (Fsp3) is 0.333. The molecule has 3 rings (SSSR count). The number of benzene rings is 2. The van der Waals surface area contributed by atoms with E-state index in [2.05, 4.69) is 53.4 Å². The summed E-state index contributed by atoms with van der Waals surface area (Å²) in [4.78, 5) is 2.44. The van der Waals surface area contributed by atoms with Gasteiger partial charge < -0.3 is 5.11 Å². The highest BCUT2D eigenvalue weighted by Gasteiger charge is 2.15. The van der Waals surface area contributed by atoms with Crippen molar-refractivity contribution >= 4 is 17.0 Å². The first-order chi connectivity index (χ1) is 9.86. The first-order valence-corrected chi connectivity index (χ1v) is 7.33. The first-order valence-electron chi connectivity index (χ1n) is 7.33. The van der Waals surface area contributed by atoms with Crippen LogP contribution in [-0.4, -0.2) is 23.2 Å². The predicted molar refractivity (Wildman–Crippen MR) is 91.8 cm³/mol. The molecule has 0 atom stereocenters. The molecule has 2 aromatic carbocycles. The molecule has 0 spiro atoms. The number of fused-ring (bicyclic) bond motifs is 2. The van der Waals surface area contributed by atoms with Crippen LogP contribution in [0.5, 0.6) is 0 Å². The molecule has 0 fully saturated rings. The van der Waals surface area contributed by atoms with Crippen molar-refractivity contribution in [2.24, 2.45) is 0 Å². The van der Waals surface area contributed by atoms with E-state index in [-0.39, 0.29) is 23.6 Å². The van der Waals surface area contributed by atoms with E-state index in [9.17, 15) is 0 Å². The van der Waals surface area contributed by atoms with E-state index in [0.29, 0.717) is 0 Å². The quantitative estimate of drug-likeness (QED) is 0.917. The largest absolute Gasteiger partial charge is 0.396 e. The van der Waals surface area contributed by atoms with Crippen molar-refractivity contribution in [3.8, 4) is 0 Å². The molecule has 0 saturated carbocycles. The highest BCUT2D eigenvalue weighted by atomic mass is 79.9. The van der Waals surface area contributed by atoms with E-state index < -0.39 is 0 Å². The normalized spacial score (nSPS) is 14.3. The van der Waals surface area contributed by atoms with Gasteiger partial charge in [-0.2, -0.15) is 0 Å². The fourth-order valence-electron chi connectivity index (χ4n) is 2.96. The molecule has 0 radical (unpaired) electrons. The molecular formula is C18H22BrNO. The summed E-state index contributed by atoms with van der Waals surface area (Å²) in [6, 6.07) is 17.4. The smallest absolute Gasteiger partial charge is 0.0443 e. The summed E-state index contributed by atoms with van der Waals surface area (Å²) in [6.07, 6.45) is 1.87. The van der Waals surface area contributed by atoms with Crippen LogP contribution in [0.15, 0.2) is 48.5 Å². The molecule has 1 aliphatic heterocycles. The number of nitrogens with zero attached hydrogens (tertiary/aromatic N) is 1. The lowest BCUT2D eigenvalue weighted by molar-refractivity contribution is 0.211. The van der Waals surface area contributed by atoms with Gasteiger partial charge in [-0.1, -0.05) is 48.5 Å². The number of hydrogen-bond acceptors (Lipinski definition) is 2. The summed E-state index contributed by atoms with van der Waals surface area (Å²) < 4.78 is 0. The van der Waals surface area contributed by atoms with Gasteiger partial charge >= 0.3 is 0 Å². The molecule has 2 aromatic rings. The lowest BCUT2D eigenvalue weighted by Crippen LogP contribution is -2.27. The zero-order valence-electron chi connectivity index (χ0n) is 12.2. The van der Waals surface area contributed by atoms with Crippen molar-refractivity contribution in [2.45, 2.75) is 25.9 Å². The van der Waals surface area contributed by atoms with Crippen molar-refractivity contribution in [3.05, 3.63) is 70.8 Å². The van der Waals surface area contributed by atoms with Gasteiger partial charge in [-0.25, -0.2) is 0 Å². The molecule has 1 heterocycles. The minimum Gasteiger partial charge on any atom is -0.396 e. The second-order valence-corrected chi connectivity index (χ2v) is 5.50. The average molecular weight is 348 g/mol. The van der Waals surface area contributed by atoms with E-state index >= 15 is 0 Å². The van der Waals surface area contributed by atoms with Gasteiger partial charge in [-0.3, -0.25) is 4.90 Å². The van der Waals surface area contributed by atoms with Crippen molar-refractivity contribution < 1.29 is 5.11 Å². The molecular weight excluding hydrogens is 326 g/mol. The van der Waals surface area contributed by atoms with Gasteiger partial charge in [-0.15, -0.1) is 17.0 Å². The summed E-state index contributed by atoms with van der Waals surface area (Å²) in [5, 5.41) is 9.09. The summed E-state index contributed by atoms with van der Waals surface area (Å²) in [5.74, 6) is 0. The molecule has 0 saturated heterocycles. The molecule has 2 nitrogen and oxygen atoms in total. The van der Waals surface area contributed by atoms with Crippen molar-refractivity contribution in [1.29, 1.82) is 0 Å². The maximum Gasteiger partial charge on any atom is 0.0443 e. The average Bonchev–Trinajstić information content (AvgIpc) is 2.46. The SMILES string of the molecule is Br.OCCCN1Cc2ccccc2Cc2ccccc2C1. The summed E-state index contributed by atoms with van der Waals surface area (Å²) in [7, 11) is 0. The predicted octanol–water partition coefficient (Wildman–Crippen LogP) is 3.55. The Balaban J connectivity index is 0.00000161. The molecule has 0 amide bonds. The molecule has 112 valence electrons. The number of rotatable bonds is 3. The Bertz CT molecular complexity index is 537. The number of hydrogen-bond donors (Lipinski definition) is 1. The van der Waals surface area contributed by atoms with E-state index in [1.807, 2.05) is 0 Å². The minimum atomic E-state index is 0. The van der Waals surface area contributed by atoms with Gasteiger partial charge in [0.2, 0.25) is 0 Å². The second-order valence-electron chi connectivity index (χ2n) is 5.50. The van der Waals surface area contributed by atoms with E-state index in [1.54, 1.807) is 0 Å². The molecule has 21 heavy (non-hydrogen) atoms. The van der Waals surface area contributed by atoms with Crippen LogP contribution in [0.4, 0.5) is 0 Å². The molecule has 1 aliphatic rings. The van der Waals surface area contributed by atoms with Crippen molar-refractivity contribution in [3.63, 3.8) is 0 Å². The van der Waals surface area contributed by atoms with E-state index in [0.717, 1.165) is 32.5 Å². The van der Waals surface area contributed by atoms with E-state index in [4.69, 9.17) is 5.11 Å². The first kappa shape index (κ1) is 16.2. The molecule has 3 heteroatoms. The molecule has 0 aromatic heterocycles. The molecule has 0 bridgehead atoms. The Morgan fingerprint density at radius 3 is 1.76 bits per heavy atom. The van der Waals surface area contributed by atoms with Gasteiger partial charge in [0.05, 0.1) is 0 Å². The van der Waals surface area contributed by atoms with Crippen molar-refractivity contribution in [2.75, 3.05) is 13.2 Å². The summed E-state index contributed by atoms with van der Waals surface area (Å²) in [5.41, 5.74) is 5.68. The third-order valence-corrected chi connectivity index (χ3v) is 4.04. The van der Waals surface area contributed by atoms with Crippen LogP contribution in [0.25, 0.3) is 0 Å². The minimum absolute atomic E-state index is 0. The third-order valence-electron chi connectivity index (χ3n) is 4.04. The number of aliphatic hydroxyl groups is 1. The van der Waals surface area contributed by atoms with Crippen LogP contribution in [0.3, 0.4) is 0 Å². The fourth-order valence-corrected chi connectivity index (χ4v) is 2.96. The summed E-state index contributed by atoms with van der Waals surface area (Å²) in [6.45, 7) is 3.16. The third kappa shape index (κ3) is 3.94. The van der Waals surface area contributed by atoms with Crippen LogP contribution < -0.4 is 0 Å². The lowest BCUT2D eigenvalue weighted by atomic mass is 9.94.